The molecule has 1 aliphatic carbocycles. The molecule has 24 nitrogen and oxygen atoms in total. The van der Waals surface area contributed by atoms with Crippen LogP contribution in [-0.4, -0.2) is 149 Å². The van der Waals surface area contributed by atoms with Crippen molar-refractivity contribution in [3.05, 3.63) is 137 Å². The zero-order valence-electron chi connectivity index (χ0n) is 46.9. The number of fused-ring (bicyclic) bond motifs is 3. The van der Waals surface area contributed by atoms with Crippen LogP contribution < -0.4 is 25.4 Å². The molecule has 1 radical (unpaired) electrons. The van der Waals surface area contributed by atoms with E-state index in [2.05, 4.69) is 29.7 Å². The van der Waals surface area contributed by atoms with Gasteiger partial charge in [-0.25, -0.2) is 23.5 Å². The third kappa shape index (κ3) is 23.2. The van der Waals surface area contributed by atoms with Gasteiger partial charge in [0.25, 0.3) is 0 Å². The molecule has 33 heteroatoms. The second-order valence-electron chi connectivity index (χ2n) is 18.8. The van der Waals surface area contributed by atoms with Gasteiger partial charge in [0.05, 0.1) is 25.8 Å². The molecule has 0 aromatic heterocycles. The van der Waals surface area contributed by atoms with Gasteiger partial charge in [-0.3, -0.25) is 34.4 Å². The number of phosphoric acid groups is 2. The minimum Gasteiger partial charge on any atom is -0.507 e. The van der Waals surface area contributed by atoms with Gasteiger partial charge in [-0.2, -0.15) is 0 Å². The summed E-state index contributed by atoms with van der Waals surface area (Å²) in [6.45, 7) is 0.130. The number of hydrogen-bond donors (Lipinski definition) is 9. The number of alkyl carbamates (subject to hydrolysis) is 2. The van der Waals surface area contributed by atoms with Crippen molar-refractivity contribution in [2.24, 2.45) is 15.7 Å². The van der Waals surface area contributed by atoms with Gasteiger partial charge in [-0.1, -0.05) is 82.3 Å². The summed E-state index contributed by atoms with van der Waals surface area (Å²) in [6, 6.07) is 26.0. The number of nitrogens with two attached hydrogens (primary N) is 1. The molecule has 0 fully saturated rings. The summed E-state index contributed by atoms with van der Waals surface area (Å²) in [5, 5.41) is 26.7. The van der Waals surface area contributed by atoms with Gasteiger partial charge in [0.1, 0.15) is 48.9 Å². The van der Waals surface area contributed by atoms with E-state index in [1.807, 2.05) is 60.7 Å². The average molecular weight is 2320 g/mol. The molecule has 3 atom stereocenters. The molecule has 6 rings (SSSR count). The van der Waals surface area contributed by atoms with Crippen molar-refractivity contribution in [2.45, 2.75) is 67.6 Å². The van der Waals surface area contributed by atoms with E-state index < -0.39 is 51.9 Å². The van der Waals surface area contributed by atoms with Crippen LogP contribution in [0.4, 0.5) is 9.59 Å². The number of phosphoric ester groups is 2. The molecule has 10 N–H and O–H groups in total. The van der Waals surface area contributed by atoms with Crippen LogP contribution >= 0.6 is 37.2 Å². The van der Waals surface area contributed by atoms with Crippen molar-refractivity contribution in [2.75, 3.05) is 59.9 Å². The van der Waals surface area contributed by atoms with E-state index in [1.54, 1.807) is 20.2 Å². The topological polar surface area (TPSA) is 357 Å². The number of aromatic hydroxyl groups is 2. The van der Waals surface area contributed by atoms with Crippen molar-refractivity contribution in [1.82, 2.24) is 15.5 Å². The van der Waals surface area contributed by atoms with Crippen LogP contribution in [0.15, 0.2) is 118 Å². The number of phenols is 2. The van der Waals surface area contributed by atoms with E-state index in [0.29, 0.717) is 24.8 Å². The fraction of sp³-hybridized carbons (Fsp3) is 0.345. The first-order valence-electron chi connectivity index (χ1n) is 25.8. The van der Waals surface area contributed by atoms with Crippen LogP contribution in [0.2, 0.25) is 0 Å². The van der Waals surface area contributed by atoms with Crippen LogP contribution in [0.1, 0.15) is 65.0 Å². The van der Waals surface area contributed by atoms with Gasteiger partial charge in [0, 0.05) is 60.8 Å². The maximum Gasteiger partial charge on any atom is 2.00 e. The second-order valence-corrected chi connectivity index (χ2v) is 23.5. The number of nitrogens with zero attached hydrogens (tertiary/aromatic N) is 3. The Morgan fingerprint density at radius 2 is 1.28 bits per heavy atom. The summed E-state index contributed by atoms with van der Waals surface area (Å²) in [6.07, 6.45) is 2.71. The van der Waals surface area contributed by atoms with Gasteiger partial charge in [0.2, 0.25) is 5.91 Å². The molecular weight excluding hydrogens is 2250 g/mol. The monoisotopic (exact) mass is 2320 g/mol. The Morgan fingerprint density at radius 3 is 1.81 bits per heavy atom. The number of likely N-dealkylation sites (N-methyl/N-ethyl adjacent to an activating group) is 1. The molecule has 1 aliphatic rings. The van der Waals surface area contributed by atoms with Crippen LogP contribution in [0, 0.1) is 0 Å². The number of carbonyl (C=O) groups excluding carboxylic acids is 4. The van der Waals surface area contributed by atoms with Crippen molar-refractivity contribution < 1.29 is 103 Å². The summed E-state index contributed by atoms with van der Waals surface area (Å²) in [5.74, 6) is -1.96. The van der Waals surface area contributed by atoms with Crippen molar-refractivity contribution in [3.8, 4) is 34.1 Å². The number of phenolic OH excluding ortho intramolecular Hbond substituents is 2. The maximum absolute atomic E-state index is 13.4. The molecule has 3 amide bonds. The Labute approximate surface area is 503 Å². The van der Waals surface area contributed by atoms with E-state index in [9.17, 15) is 58.1 Å². The molecule has 3 unspecified atom stereocenters. The van der Waals surface area contributed by atoms with Gasteiger partial charge < -0.3 is 59.5 Å². The third-order valence-corrected chi connectivity index (χ3v) is 15.9. The number of rotatable bonds is 31. The predicted molar refractivity (Wildman–Crippen MR) is 312 cm³/mol. The summed E-state index contributed by atoms with van der Waals surface area (Å²) >= 11 is 0. The largest absolute Gasteiger partial charge is 2.00 e. The molecule has 0 bridgehead atoms. The van der Waals surface area contributed by atoms with Crippen molar-refractivity contribution >= 4 is 73.7 Å². The minimum absolute atomic E-state index is 0. The summed E-state index contributed by atoms with van der Waals surface area (Å²) in [7, 11) is -2.77. The van der Waals surface area contributed by atoms with Gasteiger partial charge in [0.15, 0.2) is 0 Å². The standard InChI is InChI=1S/C55H66N6O18P2S2.Cu.4Fm/c1-61(2)53(65)48(60-55(67)77-32-45-43-12-6-4-10-41(43)42-11-5-7-13-44(42)45)34-82-83-51-21-16-35(26-36(51)22-25-75-33-52(64)74-3)31-76-54(66)57-24-9-15-47(59-30-38-28-40(18-20-50(38)63)79-81(71,72)73)46(14-8-23-56)58-29-37-27-39(17-19-49(37)62)78-80(68,69)70;;;;;/h4-7,10-13,16-21,26-30,45-48,62-63H,8-9,14-15,22-25,31-34,56H2,1-3H3,(H,57,66)(H,60,67)(H2,68,69,70)(H2,71,72,73);;;;;/q;+2;;;;. The third-order valence-electron chi connectivity index (χ3n) is 12.6. The van der Waals surface area contributed by atoms with Crippen molar-refractivity contribution in [1.29, 1.82) is 0 Å². The molecule has 5 aromatic rings. The van der Waals surface area contributed by atoms with Crippen LogP contribution in [0.5, 0.6) is 23.0 Å². The molecule has 5 aromatic carbocycles. The molecule has 88 heavy (non-hydrogen) atoms. The van der Waals surface area contributed by atoms with E-state index in [4.69, 9.17) is 24.7 Å². The minimum atomic E-state index is -4.96. The van der Waals surface area contributed by atoms with Crippen LogP contribution in [0.3, 0.4) is 0 Å². The number of hydrogen-bond acceptors (Lipinski definition) is 19. The fourth-order valence-electron chi connectivity index (χ4n) is 8.60. The molecule has 0 saturated heterocycles. The Hall–Kier alpha value is -10.4. The molecule has 0 saturated carbocycles. The number of ether oxygens (including phenoxy) is 4. The van der Waals surface area contributed by atoms with Crippen LogP contribution in [0.25, 0.3) is 11.1 Å². The second kappa shape index (κ2) is 35.8. The Bertz CT molecular complexity index is 3180. The average Bonchev–Trinajstić information content (AvgIpc) is 3.04. The predicted octanol–water partition coefficient (Wildman–Crippen LogP) is 7.23. The number of carbonyl (C=O) groups is 4. The van der Waals surface area contributed by atoms with E-state index >= 15 is 0 Å². The fourth-order valence-corrected chi connectivity index (χ4v) is 11.8. The first-order valence-corrected chi connectivity index (χ1v) is 31.2. The quantitative estimate of drug-likeness (QED) is 0.00402. The van der Waals surface area contributed by atoms with Gasteiger partial charge >= 0.3 is 50.9 Å². The number of aliphatic imine (C=N–C) groups is 2. The number of nitrogens with one attached hydrogen (secondary N) is 2. The first kappa shape index (κ1) is 75.6. The smallest absolute Gasteiger partial charge is 0.507 e. The molecular formula is C55H66CuFm4N6O18P2S2+2. The molecule has 0 aliphatic heterocycles. The molecule has 0 spiro atoms. The molecule has 0 heterocycles. The van der Waals surface area contributed by atoms with E-state index in [-0.39, 0.29) is 121 Å². The van der Waals surface area contributed by atoms with Crippen molar-refractivity contribution in [3.63, 3.8) is 0 Å². The van der Waals surface area contributed by atoms with E-state index in [1.165, 1.54) is 64.2 Å². The number of esters is 1. The number of methoxy groups -OCH3 is 1. The van der Waals surface area contributed by atoms with Gasteiger partial charge in [-0.05, 0) is 114 Å². The normalized spacial score (nSPS) is 12.6. The Kier molecular flexibility index (Phi) is 30.7. The Morgan fingerprint density at radius 1 is 0.739 bits per heavy atom. The van der Waals surface area contributed by atoms with Gasteiger partial charge in [-0.15, -0.1) is 0 Å². The number of amides is 3. The summed E-state index contributed by atoms with van der Waals surface area (Å²) in [5.41, 5.74) is 11.6. The molecule has 503 valence electrons. The summed E-state index contributed by atoms with van der Waals surface area (Å²) in [4.78, 5) is 100. The first-order chi connectivity index (χ1) is 39.6. The zero-order valence-corrected chi connectivity index (χ0v) is 60.9. The number of benzene rings is 5. The van der Waals surface area contributed by atoms with E-state index in [0.717, 1.165) is 50.9 Å². The summed E-state index contributed by atoms with van der Waals surface area (Å²) < 4.78 is 54.0. The SMILES string of the molecule is COC(=O)COCCc1cc(COC(=O)NCCCC(N=Cc2cc(OP(=O)(O)O)ccc2O)C(CCCN)N=Cc2cc(OP(=O)(O)O)ccc2O)ccc1SSCC(NC(=O)OCC1c2ccccc2-c2ccccc21)C(=O)N(C)C.[Cu+2].[Fm].[Fm].[Fm].[Fm]. The Balaban J connectivity index is 0.00000774. The maximum atomic E-state index is 13.4. The zero-order chi connectivity index (χ0) is 60.1. The van der Waals surface area contributed by atoms with Crippen LogP contribution in [-0.2, 0) is 67.8 Å².